The summed E-state index contributed by atoms with van der Waals surface area (Å²) in [7, 11) is 0. The van der Waals surface area contributed by atoms with E-state index in [1.54, 1.807) is 0 Å². The molecule has 0 spiro atoms. The van der Waals surface area contributed by atoms with Crippen molar-refractivity contribution in [1.82, 2.24) is 9.88 Å². The molecule has 3 heteroatoms. The number of fused-ring (bicyclic) bond motifs is 1. The molecule has 0 aliphatic carbocycles. The van der Waals surface area contributed by atoms with Gasteiger partial charge in [-0.15, -0.1) is 0 Å². The van der Waals surface area contributed by atoms with Crippen molar-refractivity contribution in [3.8, 4) is 0 Å². The van der Waals surface area contributed by atoms with E-state index in [1.165, 1.54) is 16.6 Å². The molecule has 0 aliphatic heterocycles. The van der Waals surface area contributed by atoms with Crippen LogP contribution in [0.15, 0.2) is 24.3 Å². The molecule has 0 amide bonds. The summed E-state index contributed by atoms with van der Waals surface area (Å²) in [4.78, 5) is 0. The summed E-state index contributed by atoms with van der Waals surface area (Å²) in [5.41, 5.74) is 9.24. The average Bonchev–Trinajstić information content (AvgIpc) is 2.62. The zero-order valence-electron chi connectivity index (χ0n) is 10.8. The summed E-state index contributed by atoms with van der Waals surface area (Å²) in [6, 6.07) is 8.84. The predicted molar refractivity (Wildman–Crippen MR) is 74.0 cm³/mol. The molecule has 0 fully saturated rings. The second-order valence-electron chi connectivity index (χ2n) is 4.73. The molecule has 0 saturated heterocycles. The van der Waals surface area contributed by atoms with E-state index in [-0.39, 0.29) is 0 Å². The van der Waals surface area contributed by atoms with Crippen molar-refractivity contribution >= 4 is 16.6 Å². The standard InChI is InChI=1S/C14H21N3/c1-4-17-13(9-16-10(2)3)8-11-7-12(15)5-6-14(11)17/h5-8,10,16H,4,9,15H2,1-3H3. The normalized spacial score (nSPS) is 11.5. The first-order valence-corrected chi connectivity index (χ1v) is 6.23. The summed E-state index contributed by atoms with van der Waals surface area (Å²) in [5, 5.41) is 4.69. The number of hydrogen-bond acceptors (Lipinski definition) is 2. The lowest BCUT2D eigenvalue weighted by molar-refractivity contribution is 0.564. The first-order valence-electron chi connectivity index (χ1n) is 6.23. The molecule has 92 valence electrons. The average molecular weight is 231 g/mol. The molecule has 1 aromatic heterocycles. The van der Waals surface area contributed by atoms with Crippen molar-refractivity contribution in [2.24, 2.45) is 0 Å². The van der Waals surface area contributed by atoms with Crippen LogP contribution in [0.3, 0.4) is 0 Å². The van der Waals surface area contributed by atoms with E-state index in [0.29, 0.717) is 6.04 Å². The third-order valence-electron chi connectivity index (χ3n) is 3.02. The highest BCUT2D eigenvalue weighted by Crippen LogP contribution is 2.22. The van der Waals surface area contributed by atoms with Crippen molar-refractivity contribution in [2.75, 3.05) is 5.73 Å². The van der Waals surface area contributed by atoms with Crippen molar-refractivity contribution in [1.29, 1.82) is 0 Å². The summed E-state index contributed by atoms with van der Waals surface area (Å²) in [6.07, 6.45) is 0. The lowest BCUT2D eigenvalue weighted by atomic mass is 10.2. The summed E-state index contributed by atoms with van der Waals surface area (Å²) >= 11 is 0. The fourth-order valence-corrected chi connectivity index (χ4v) is 2.18. The molecule has 17 heavy (non-hydrogen) atoms. The van der Waals surface area contributed by atoms with E-state index in [0.717, 1.165) is 18.8 Å². The number of rotatable bonds is 4. The predicted octanol–water partition coefficient (Wildman–Crippen LogP) is 2.74. The number of nitrogens with two attached hydrogens (primary N) is 1. The maximum atomic E-state index is 5.82. The van der Waals surface area contributed by atoms with E-state index in [4.69, 9.17) is 5.73 Å². The highest BCUT2D eigenvalue weighted by atomic mass is 15.0. The molecule has 0 radical (unpaired) electrons. The van der Waals surface area contributed by atoms with Crippen LogP contribution in [0.1, 0.15) is 26.5 Å². The summed E-state index contributed by atoms with van der Waals surface area (Å²) in [6.45, 7) is 8.39. The van der Waals surface area contributed by atoms with Crippen LogP contribution in [0, 0.1) is 0 Å². The smallest absolute Gasteiger partial charge is 0.0484 e. The molecule has 0 atom stereocenters. The maximum Gasteiger partial charge on any atom is 0.0484 e. The molecule has 2 rings (SSSR count). The molecule has 0 saturated carbocycles. The first kappa shape index (κ1) is 12.0. The Morgan fingerprint density at radius 2 is 2.06 bits per heavy atom. The SMILES string of the molecule is CCn1c(CNC(C)C)cc2cc(N)ccc21. The number of nitrogens with one attached hydrogen (secondary N) is 1. The molecule has 3 N–H and O–H groups in total. The molecular weight excluding hydrogens is 210 g/mol. The molecule has 1 heterocycles. The van der Waals surface area contributed by atoms with Crippen LogP contribution in [-0.4, -0.2) is 10.6 Å². The van der Waals surface area contributed by atoms with Gasteiger partial charge in [0, 0.05) is 41.4 Å². The molecule has 1 aromatic carbocycles. The van der Waals surface area contributed by atoms with Crippen molar-refractivity contribution < 1.29 is 0 Å². The molecular formula is C14H21N3. The Labute approximate surface area is 103 Å². The highest BCUT2D eigenvalue weighted by molar-refractivity contribution is 5.84. The van der Waals surface area contributed by atoms with Gasteiger partial charge in [0.2, 0.25) is 0 Å². The lowest BCUT2D eigenvalue weighted by Gasteiger charge is -2.11. The second kappa shape index (κ2) is 4.80. The van der Waals surface area contributed by atoms with Gasteiger partial charge >= 0.3 is 0 Å². The molecule has 0 unspecified atom stereocenters. The van der Waals surface area contributed by atoms with E-state index < -0.39 is 0 Å². The van der Waals surface area contributed by atoms with Crippen LogP contribution in [0.5, 0.6) is 0 Å². The number of hydrogen-bond donors (Lipinski definition) is 2. The number of nitrogens with zero attached hydrogens (tertiary/aromatic N) is 1. The number of nitrogen functional groups attached to an aromatic ring is 1. The van der Waals surface area contributed by atoms with Gasteiger partial charge in [-0.1, -0.05) is 13.8 Å². The van der Waals surface area contributed by atoms with E-state index >= 15 is 0 Å². The van der Waals surface area contributed by atoms with Gasteiger partial charge in [0.25, 0.3) is 0 Å². The van der Waals surface area contributed by atoms with Crippen molar-refractivity contribution in [2.45, 2.75) is 39.9 Å². The number of anilines is 1. The lowest BCUT2D eigenvalue weighted by Crippen LogP contribution is -2.23. The monoisotopic (exact) mass is 231 g/mol. The summed E-state index contributed by atoms with van der Waals surface area (Å²) < 4.78 is 2.34. The number of aromatic nitrogens is 1. The second-order valence-corrected chi connectivity index (χ2v) is 4.73. The largest absolute Gasteiger partial charge is 0.399 e. The fourth-order valence-electron chi connectivity index (χ4n) is 2.18. The van der Waals surface area contributed by atoms with Gasteiger partial charge in [0.15, 0.2) is 0 Å². The Morgan fingerprint density at radius 1 is 1.29 bits per heavy atom. The van der Waals surface area contributed by atoms with E-state index in [1.807, 2.05) is 12.1 Å². The molecule has 0 aliphatic rings. The van der Waals surface area contributed by atoms with E-state index in [2.05, 4.69) is 42.8 Å². The minimum Gasteiger partial charge on any atom is -0.399 e. The number of aryl methyl sites for hydroxylation is 1. The van der Waals surface area contributed by atoms with Gasteiger partial charge in [0.1, 0.15) is 0 Å². The van der Waals surface area contributed by atoms with Crippen LogP contribution in [0.25, 0.3) is 10.9 Å². The van der Waals surface area contributed by atoms with Gasteiger partial charge in [-0.25, -0.2) is 0 Å². The van der Waals surface area contributed by atoms with Gasteiger partial charge in [-0.2, -0.15) is 0 Å². The Balaban J connectivity index is 2.41. The van der Waals surface area contributed by atoms with Gasteiger partial charge in [0.05, 0.1) is 0 Å². The quantitative estimate of drug-likeness (QED) is 0.795. The van der Waals surface area contributed by atoms with Crippen molar-refractivity contribution in [3.63, 3.8) is 0 Å². The van der Waals surface area contributed by atoms with Crippen LogP contribution < -0.4 is 11.1 Å². The highest BCUT2D eigenvalue weighted by Gasteiger charge is 2.07. The number of benzene rings is 1. The van der Waals surface area contributed by atoms with Crippen LogP contribution >= 0.6 is 0 Å². The third kappa shape index (κ3) is 2.44. The molecule has 0 bridgehead atoms. The van der Waals surface area contributed by atoms with Gasteiger partial charge in [-0.05, 0) is 31.2 Å². The minimum atomic E-state index is 0.503. The molecule has 3 nitrogen and oxygen atoms in total. The van der Waals surface area contributed by atoms with Crippen LogP contribution in [-0.2, 0) is 13.1 Å². The van der Waals surface area contributed by atoms with Crippen LogP contribution in [0.4, 0.5) is 5.69 Å². The Hall–Kier alpha value is -1.48. The Bertz CT molecular complexity index is 511. The zero-order chi connectivity index (χ0) is 12.4. The van der Waals surface area contributed by atoms with E-state index in [9.17, 15) is 0 Å². The zero-order valence-corrected chi connectivity index (χ0v) is 10.8. The molecule has 2 aromatic rings. The topological polar surface area (TPSA) is 43.0 Å². The van der Waals surface area contributed by atoms with Gasteiger partial charge < -0.3 is 15.6 Å². The van der Waals surface area contributed by atoms with Gasteiger partial charge in [-0.3, -0.25) is 0 Å². The minimum absolute atomic E-state index is 0.503. The fraction of sp³-hybridized carbons (Fsp3) is 0.429. The third-order valence-corrected chi connectivity index (χ3v) is 3.02. The maximum absolute atomic E-state index is 5.82. The summed E-state index contributed by atoms with van der Waals surface area (Å²) in [5.74, 6) is 0. The van der Waals surface area contributed by atoms with Crippen molar-refractivity contribution in [3.05, 3.63) is 30.0 Å². The Morgan fingerprint density at radius 3 is 2.71 bits per heavy atom. The first-order chi connectivity index (χ1) is 8.11. The Kier molecular flexibility index (Phi) is 3.38. The van der Waals surface area contributed by atoms with Crippen LogP contribution in [0.2, 0.25) is 0 Å².